The van der Waals surface area contributed by atoms with Gasteiger partial charge in [-0.1, -0.05) is 11.8 Å². The zero-order valence-corrected chi connectivity index (χ0v) is 10.2. The number of ether oxygens (including phenoxy) is 1. The van der Waals surface area contributed by atoms with Gasteiger partial charge in [0, 0.05) is 18.5 Å². The van der Waals surface area contributed by atoms with Gasteiger partial charge in [0.2, 0.25) is 5.28 Å². The predicted octanol–water partition coefficient (Wildman–Crippen LogP) is 2.68. The first kappa shape index (κ1) is 12.3. The number of hydrogen-bond acceptors (Lipinski definition) is 3. The van der Waals surface area contributed by atoms with Gasteiger partial charge in [-0.15, -0.1) is 0 Å². The fourth-order valence-electron chi connectivity index (χ4n) is 1.24. The zero-order valence-electron chi connectivity index (χ0n) is 9.45. The fraction of sp³-hybridized carbons (Fsp3) is 0.0769. The quantitative estimate of drug-likeness (QED) is 0.585. The molecule has 0 atom stereocenters. The van der Waals surface area contributed by atoms with Gasteiger partial charge in [0.15, 0.2) is 0 Å². The molecule has 90 valence electrons. The van der Waals surface area contributed by atoms with Crippen LogP contribution in [-0.4, -0.2) is 17.1 Å². The molecule has 18 heavy (non-hydrogen) atoms. The van der Waals surface area contributed by atoms with Gasteiger partial charge in [0.05, 0.1) is 18.2 Å². The van der Waals surface area contributed by atoms with Crippen molar-refractivity contribution in [2.45, 2.75) is 0 Å². The van der Waals surface area contributed by atoms with Crippen molar-refractivity contribution < 1.29 is 9.13 Å². The molecule has 0 bridgehead atoms. The van der Waals surface area contributed by atoms with E-state index in [0.29, 0.717) is 11.3 Å². The number of halogens is 2. The van der Waals surface area contributed by atoms with E-state index in [1.807, 2.05) is 0 Å². The Labute approximate surface area is 109 Å². The van der Waals surface area contributed by atoms with E-state index in [1.54, 1.807) is 12.1 Å². The van der Waals surface area contributed by atoms with Crippen LogP contribution in [0.3, 0.4) is 0 Å². The molecule has 0 saturated heterocycles. The van der Waals surface area contributed by atoms with Gasteiger partial charge in [-0.2, -0.15) is 0 Å². The van der Waals surface area contributed by atoms with Gasteiger partial charge in [-0.25, -0.2) is 14.4 Å². The minimum absolute atomic E-state index is 0.149. The molecule has 5 heteroatoms. The average Bonchev–Trinajstić information content (AvgIpc) is 2.39. The van der Waals surface area contributed by atoms with Crippen molar-refractivity contribution in [1.82, 2.24) is 9.97 Å². The summed E-state index contributed by atoms with van der Waals surface area (Å²) in [7, 11) is 1.48. The second-order valence-electron chi connectivity index (χ2n) is 3.34. The Bertz CT molecular complexity index is 617. The second-order valence-corrected chi connectivity index (χ2v) is 3.67. The molecule has 2 rings (SSSR count). The van der Waals surface area contributed by atoms with Gasteiger partial charge in [-0.3, -0.25) is 0 Å². The highest BCUT2D eigenvalue weighted by Gasteiger charge is 2.00. The van der Waals surface area contributed by atoms with E-state index in [1.165, 1.54) is 25.6 Å². The summed E-state index contributed by atoms with van der Waals surface area (Å²) in [5.74, 6) is 5.47. The van der Waals surface area contributed by atoms with Crippen molar-refractivity contribution in [1.29, 1.82) is 0 Å². The lowest BCUT2D eigenvalue weighted by Crippen LogP contribution is -1.88. The first-order valence-electron chi connectivity index (χ1n) is 5.02. The molecule has 2 aromatic rings. The van der Waals surface area contributed by atoms with Crippen LogP contribution < -0.4 is 4.74 Å². The number of hydrogen-bond donors (Lipinski definition) is 0. The number of aromatic nitrogens is 2. The topological polar surface area (TPSA) is 35.0 Å². The molecule has 1 aromatic heterocycles. The number of nitrogens with zero attached hydrogens (tertiary/aromatic N) is 2. The summed E-state index contributed by atoms with van der Waals surface area (Å²) in [5, 5.41) is 0.149. The standard InChI is InChI=1S/C13H8ClFN2O/c1-18-11-5-4-10(12(15)6-11)3-2-9-7-16-13(14)17-8-9/h4-8H,1H3. The van der Waals surface area contributed by atoms with Crippen LogP contribution in [0.4, 0.5) is 4.39 Å². The van der Waals surface area contributed by atoms with Gasteiger partial charge < -0.3 is 4.74 Å². The highest BCUT2D eigenvalue weighted by molar-refractivity contribution is 6.28. The Hall–Kier alpha value is -2.12. The van der Waals surface area contributed by atoms with Crippen LogP contribution in [0.1, 0.15) is 11.1 Å². The lowest BCUT2D eigenvalue weighted by atomic mass is 10.2. The molecule has 0 amide bonds. The largest absolute Gasteiger partial charge is 0.497 e. The van der Waals surface area contributed by atoms with E-state index in [9.17, 15) is 4.39 Å². The van der Waals surface area contributed by atoms with E-state index >= 15 is 0 Å². The van der Waals surface area contributed by atoms with Crippen molar-refractivity contribution in [3.63, 3.8) is 0 Å². The molecule has 0 N–H and O–H groups in total. The van der Waals surface area contributed by atoms with Crippen molar-refractivity contribution >= 4 is 11.6 Å². The smallest absolute Gasteiger partial charge is 0.222 e. The molecule has 1 aromatic carbocycles. The second kappa shape index (κ2) is 5.48. The van der Waals surface area contributed by atoms with Crippen molar-refractivity contribution in [2.75, 3.05) is 7.11 Å². The summed E-state index contributed by atoms with van der Waals surface area (Å²) < 4.78 is 18.5. The third-order valence-corrected chi connectivity index (χ3v) is 2.33. The van der Waals surface area contributed by atoms with Crippen LogP contribution >= 0.6 is 11.6 Å². The van der Waals surface area contributed by atoms with Crippen LogP contribution in [0.25, 0.3) is 0 Å². The van der Waals surface area contributed by atoms with Crippen molar-refractivity contribution in [2.24, 2.45) is 0 Å². The Morgan fingerprint density at radius 3 is 2.56 bits per heavy atom. The third-order valence-electron chi connectivity index (χ3n) is 2.14. The first-order valence-corrected chi connectivity index (χ1v) is 5.40. The van der Waals surface area contributed by atoms with Gasteiger partial charge in [0.1, 0.15) is 11.6 Å². The molecular weight excluding hydrogens is 255 g/mol. The molecule has 0 spiro atoms. The van der Waals surface area contributed by atoms with Crippen LogP contribution in [0.2, 0.25) is 5.28 Å². The summed E-state index contributed by atoms with van der Waals surface area (Å²) in [6.45, 7) is 0. The van der Waals surface area contributed by atoms with Crippen molar-refractivity contribution in [3.05, 3.63) is 52.8 Å². The summed E-state index contributed by atoms with van der Waals surface area (Å²) in [5.41, 5.74) is 0.848. The molecule has 0 fully saturated rings. The molecule has 3 nitrogen and oxygen atoms in total. The molecule has 0 unspecified atom stereocenters. The molecule has 0 aliphatic rings. The molecule has 0 radical (unpaired) electrons. The number of benzene rings is 1. The van der Waals surface area contributed by atoms with E-state index in [2.05, 4.69) is 21.8 Å². The minimum atomic E-state index is -0.434. The fourth-order valence-corrected chi connectivity index (χ4v) is 1.34. The highest BCUT2D eigenvalue weighted by Crippen LogP contribution is 2.15. The normalized spacial score (nSPS) is 9.50. The Balaban J connectivity index is 2.27. The molecule has 0 aliphatic carbocycles. The van der Waals surface area contributed by atoms with Crippen LogP contribution in [-0.2, 0) is 0 Å². The molecule has 1 heterocycles. The maximum atomic E-state index is 13.6. The van der Waals surface area contributed by atoms with Gasteiger partial charge in [-0.05, 0) is 23.7 Å². The Kier molecular flexibility index (Phi) is 3.75. The zero-order chi connectivity index (χ0) is 13.0. The average molecular weight is 263 g/mol. The maximum Gasteiger partial charge on any atom is 0.222 e. The summed E-state index contributed by atoms with van der Waals surface area (Å²) in [6, 6.07) is 4.48. The van der Waals surface area contributed by atoms with Crippen molar-refractivity contribution in [3.8, 4) is 17.6 Å². The molecular formula is C13H8ClFN2O. The first-order chi connectivity index (χ1) is 8.69. The lowest BCUT2D eigenvalue weighted by Gasteiger charge is -1.99. The van der Waals surface area contributed by atoms with Crippen LogP contribution in [0, 0.1) is 17.7 Å². The summed E-state index contributed by atoms with van der Waals surface area (Å²) >= 11 is 5.54. The number of rotatable bonds is 1. The minimum Gasteiger partial charge on any atom is -0.497 e. The van der Waals surface area contributed by atoms with Crippen LogP contribution in [0.15, 0.2) is 30.6 Å². The van der Waals surface area contributed by atoms with Crippen LogP contribution in [0.5, 0.6) is 5.75 Å². The SMILES string of the molecule is COc1ccc(C#Cc2cnc(Cl)nc2)c(F)c1. The number of methoxy groups -OCH3 is 1. The molecule has 0 aliphatic heterocycles. The maximum absolute atomic E-state index is 13.6. The van der Waals surface area contributed by atoms with E-state index in [4.69, 9.17) is 16.3 Å². The lowest BCUT2D eigenvalue weighted by molar-refractivity contribution is 0.411. The highest BCUT2D eigenvalue weighted by atomic mass is 35.5. The molecule has 0 saturated carbocycles. The third kappa shape index (κ3) is 2.96. The van der Waals surface area contributed by atoms with E-state index in [-0.39, 0.29) is 10.8 Å². The Morgan fingerprint density at radius 1 is 1.22 bits per heavy atom. The van der Waals surface area contributed by atoms with Gasteiger partial charge >= 0.3 is 0 Å². The Morgan fingerprint density at radius 2 is 1.94 bits per heavy atom. The van der Waals surface area contributed by atoms with E-state index < -0.39 is 5.82 Å². The summed E-state index contributed by atoms with van der Waals surface area (Å²) in [4.78, 5) is 7.56. The van der Waals surface area contributed by atoms with Gasteiger partial charge in [0.25, 0.3) is 0 Å². The monoisotopic (exact) mass is 262 g/mol. The van der Waals surface area contributed by atoms with E-state index in [0.717, 1.165) is 0 Å². The predicted molar refractivity (Wildman–Crippen MR) is 66.0 cm³/mol. The summed E-state index contributed by atoms with van der Waals surface area (Å²) in [6.07, 6.45) is 2.95.